The molecule has 0 bridgehead atoms. The van der Waals surface area contributed by atoms with Crippen LogP contribution in [0.3, 0.4) is 0 Å². The lowest BCUT2D eigenvalue weighted by Crippen LogP contribution is -2.25. The molecular formula is C18H15BrN2O3S2. The smallest absolute Gasteiger partial charge is 0.273 e. The molecule has 0 saturated heterocycles. The molecule has 0 unspecified atom stereocenters. The Morgan fingerprint density at radius 3 is 2.42 bits per heavy atom. The van der Waals surface area contributed by atoms with Crippen molar-refractivity contribution in [3.05, 3.63) is 76.1 Å². The number of nitrogens with one attached hydrogen (secondary N) is 1. The second-order valence-electron chi connectivity index (χ2n) is 5.42. The molecule has 5 nitrogen and oxygen atoms in total. The van der Waals surface area contributed by atoms with Gasteiger partial charge in [-0.2, -0.15) is 0 Å². The molecular weight excluding hydrogens is 436 g/mol. The van der Waals surface area contributed by atoms with E-state index in [-0.39, 0.29) is 10.1 Å². The Bertz CT molecular complexity index is 1020. The molecule has 0 saturated carbocycles. The van der Waals surface area contributed by atoms with Crippen molar-refractivity contribution in [2.45, 2.75) is 4.21 Å². The van der Waals surface area contributed by atoms with Crippen molar-refractivity contribution in [1.82, 2.24) is 0 Å². The van der Waals surface area contributed by atoms with Crippen LogP contribution in [0.1, 0.15) is 10.4 Å². The second kappa shape index (κ2) is 7.61. The number of anilines is 2. The molecule has 2 aromatic carbocycles. The van der Waals surface area contributed by atoms with Gasteiger partial charge in [-0.3, -0.25) is 9.10 Å². The van der Waals surface area contributed by atoms with Gasteiger partial charge in [0, 0.05) is 22.8 Å². The summed E-state index contributed by atoms with van der Waals surface area (Å²) in [5.74, 6) is -0.265. The van der Waals surface area contributed by atoms with Crippen molar-refractivity contribution >= 4 is 54.6 Å². The average molecular weight is 451 g/mol. The van der Waals surface area contributed by atoms with Gasteiger partial charge in [0.05, 0.1) is 5.69 Å². The van der Waals surface area contributed by atoms with Gasteiger partial charge in [-0.1, -0.05) is 28.1 Å². The van der Waals surface area contributed by atoms with E-state index in [2.05, 4.69) is 21.2 Å². The monoisotopic (exact) mass is 450 g/mol. The van der Waals surface area contributed by atoms with Crippen LogP contribution in [0.4, 0.5) is 11.4 Å². The van der Waals surface area contributed by atoms with E-state index in [0.717, 1.165) is 4.47 Å². The first-order chi connectivity index (χ1) is 12.4. The highest BCUT2D eigenvalue weighted by atomic mass is 79.9. The summed E-state index contributed by atoms with van der Waals surface area (Å²) in [4.78, 5) is 12.3. The first-order valence-electron chi connectivity index (χ1n) is 7.57. The summed E-state index contributed by atoms with van der Waals surface area (Å²) >= 11 is 4.52. The molecule has 3 rings (SSSR count). The molecule has 1 N–H and O–H groups in total. The second-order valence-corrected chi connectivity index (χ2v) is 9.48. The molecule has 0 radical (unpaired) electrons. The minimum atomic E-state index is -3.59. The Balaban J connectivity index is 1.77. The van der Waals surface area contributed by atoms with E-state index in [0.29, 0.717) is 16.9 Å². The van der Waals surface area contributed by atoms with E-state index in [1.165, 1.54) is 22.7 Å². The fourth-order valence-corrected chi connectivity index (χ4v) is 5.03. The van der Waals surface area contributed by atoms with E-state index in [9.17, 15) is 13.2 Å². The normalized spacial score (nSPS) is 11.2. The van der Waals surface area contributed by atoms with Crippen LogP contribution in [0.25, 0.3) is 0 Å². The van der Waals surface area contributed by atoms with Gasteiger partial charge >= 0.3 is 0 Å². The maximum Gasteiger partial charge on any atom is 0.273 e. The fourth-order valence-electron chi connectivity index (χ4n) is 2.28. The molecule has 0 aliphatic carbocycles. The van der Waals surface area contributed by atoms with Crippen LogP contribution < -0.4 is 9.62 Å². The summed E-state index contributed by atoms with van der Waals surface area (Å²) in [6.45, 7) is 0. The summed E-state index contributed by atoms with van der Waals surface area (Å²) in [6, 6.07) is 17.0. The Kier molecular flexibility index (Phi) is 5.45. The van der Waals surface area contributed by atoms with Crippen molar-refractivity contribution in [1.29, 1.82) is 0 Å². The van der Waals surface area contributed by atoms with E-state index < -0.39 is 10.0 Å². The summed E-state index contributed by atoms with van der Waals surface area (Å²) < 4.78 is 27.4. The van der Waals surface area contributed by atoms with E-state index in [4.69, 9.17) is 0 Å². The Morgan fingerprint density at radius 2 is 1.81 bits per heavy atom. The average Bonchev–Trinajstić information content (AvgIpc) is 3.17. The van der Waals surface area contributed by atoms with Gasteiger partial charge in [0.1, 0.15) is 4.21 Å². The van der Waals surface area contributed by atoms with Crippen LogP contribution in [0.2, 0.25) is 0 Å². The number of rotatable bonds is 5. The molecule has 1 heterocycles. The van der Waals surface area contributed by atoms with Crippen molar-refractivity contribution < 1.29 is 13.2 Å². The van der Waals surface area contributed by atoms with E-state index in [1.54, 1.807) is 53.9 Å². The molecule has 1 aromatic heterocycles. The Labute approximate surface area is 164 Å². The maximum absolute atomic E-state index is 12.5. The van der Waals surface area contributed by atoms with Crippen LogP contribution in [-0.4, -0.2) is 21.4 Å². The summed E-state index contributed by atoms with van der Waals surface area (Å²) in [7, 11) is -2.10. The van der Waals surface area contributed by atoms with Crippen LogP contribution >= 0.6 is 27.3 Å². The van der Waals surface area contributed by atoms with E-state index in [1.807, 2.05) is 12.1 Å². The van der Waals surface area contributed by atoms with Crippen LogP contribution in [0.5, 0.6) is 0 Å². The van der Waals surface area contributed by atoms with Gasteiger partial charge in [-0.15, -0.1) is 11.3 Å². The SMILES string of the molecule is CN(c1ccc(C(=O)Nc2cccc(Br)c2)cc1)S(=O)(=O)c1cccs1. The van der Waals surface area contributed by atoms with Crippen molar-refractivity contribution in [2.75, 3.05) is 16.7 Å². The quantitative estimate of drug-likeness (QED) is 0.617. The number of nitrogens with zero attached hydrogens (tertiary/aromatic N) is 1. The largest absolute Gasteiger partial charge is 0.322 e. The molecule has 8 heteroatoms. The molecule has 0 fully saturated rings. The lowest BCUT2D eigenvalue weighted by Gasteiger charge is -2.18. The third-order valence-corrected chi connectivity index (χ3v) is 7.34. The standard InChI is InChI=1S/C18H15BrN2O3S2/c1-21(26(23,24)17-6-3-11-25-17)16-9-7-13(8-10-16)18(22)20-15-5-2-4-14(19)12-15/h2-12H,1H3,(H,20,22). The first-order valence-corrected chi connectivity index (χ1v) is 10.7. The molecule has 134 valence electrons. The molecule has 0 spiro atoms. The molecule has 26 heavy (non-hydrogen) atoms. The van der Waals surface area contributed by atoms with Crippen molar-refractivity contribution in [2.24, 2.45) is 0 Å². The van der Waals surface area contributed by atoms with Crippen LogP contribution in [0.15, 0.2) is 74.7 Å². The lowest BCUT2D eigenvalue weighted by atomic mass is 10.2. The van der Waals surface area contributed by atoms with Gasteiger partial charge in [-0.05, 0) is 53.9 Å². The highest BCUT2D eigenvalue weighted by molar-refractivity contribution is 9.10. The van der Waals surface area contributed by atoms with Gasteiger partial charge < -0.3 is 5.32 Å². The highest BCUT2D eigenvalue weighted by Crippen LogP contribution is 2.25. The van der Waals surface area contributed by atoms with E-state index >= 15 is 0 Å². The number of carbonyl (C=O) groups is 1. The predicted molar refractivity (Wildman–Crippen MR) is 108 cm³/mol. The number of carbonyl (C=O) groups excluding carboxylic acids is 1. The number of halogens is 1. The number of amides is 1. The lowest BCUT2D eigenvalue weighted by molar-refractivity contribution is 0.102. The number of sulfonamides is 1. The molecule has 0 aliphatic heterocycles. The first kappa shape index (κ1) is 18.6. The summed E-state index contributed by atoms with van der Waals surface area (Å²) in [5, 5.41) is 4.52. The topological polar surface area (TPSA) is 66.5 Å². The van der Waals surface area contributed by atoms with Gasteiger partial charge in [0.25, 0.3) is 15.9 Å². The molecule has 0 atom stereocenters. The Morgan fingerprint density at radius 1 is 1.08 bits per heavy atom. The highest BCUT2D eigenvalue weighted by Gasteiger charge is 2.22. The zero-order valence-corrected chi connectivity index (χ0v) is 16.9. The van der Waals surface area contributed by atoms with Gasteiger partial charge in [0.15, 0.2) is 0 Å². The van der Waals surface area contributed by atoms with Gasteiger partial charge in [-0.25, -0.2) is 8.42 Å². The van der Waals surface area contributed by atoms with Gasteiger partial charge in [0.2, 0.25) is 0 Å². The number of thiophene rings is 1. The minimum absolute atomic E-state index is 0.265. The number of hydrogen-bond acceptors (Lipinski definition) is 4. The molecule has 0 aliphatic rings. The van der Waals surface area contributed by atoms with Crippen molar-refractivity contribution in [3.63, 3.8) is 0 Å². The van der Waals surface area contributed by atoms with Crippen LogP contribution in [0, 0.1) is 0 Å². The molecule has 3 aromatic rings. The van der Waals surface area contributed by atoms with Crippen LogP contribution in [-0.2, 0) is 10.0 Å². The summed E-state index contributed by atoms with van der Waals surface area (Å²) in [5.41, 5.74) is 1.60. The Hall–Kier alpha value is -2.16. The number of benzene rings is 2. The van der Waals surface area contributed by atoms with Crippen molar-refractivity contribution in [3.8, 4) is 0 Å². The third-order valence-electron chi connectivity index (χ3n) is 3.69. The predicted octanol–water partition coefficient (Wildman–Crippen LogP) is 4.59. The fraction of sp³-hybridized carbons (Fsp3) is 0.0556. The number of hydrogen-bond donors (Lipinski definition) is 1. The zero-order valence-electron chi connectivity index (χ0n) is 13.7. The summed E-state index contributed by atoms with van der Waals surface area (Å²) in [6.07, 6.45) is 0. The molecule has 1 amide bonds. The third kappa shape index (κ3) is 3.98. The maximum atomic E-state index is 12.5. The minimum Gasteiger partial charge on any atom is -0.322 e. The zero-order chi connectivity index (χ0) is 18.7.